The van der Waals surface area contributed by atoms with Crippen LogP contribution in [-0.4, -0.2) is 0 Å². The van der Waals surface area contributed by atoms with Gasteiger partial charge in [-0.15, -0.1) is 0 Å². The van der Waals surface area contributed by atoms with Crippen LogP contribution in [0.5, 0.6) is 0 Å². The van der Waals surface area contributed by atoms with Crippen molar-refractivity contribution in [3.05, 3.63) is 196 Å². The molecule has 3 aliphatic rings. The fourth-order valence-electron chi connectivity index (χ4n) is 10.7. The number of hydrogen-bond donors (Lipinski definition) is 0. The lowest BCUT2D eigenvalue weighted by Crippen LogP contribution is -2.27. The van der Waals surface area contributed by atoms with Crippen LogP contribution in [0.3, 0.4) is 0 Å². The molecule has 1 heteroatoms. The second-order valence-corrected chi connectivity index (χ2v) is 19.8. The highest BCUT2D eigenvalue weighted by molar-refractivity contribution is 5.99. The van der Waals surface area contributed by atoms with Crippen molar-refractivity contribution in [1.82, 2.24) is 0 Å². The van der Waals surface area contributed by atoms with Crippen LogP contribution in [0.1, 0.15) is 127 Å². The van der Waals surface area contributed by atoms with Crippen LogP contribution in [0.15, 0.2) is 146 Å². The van der Waals surface area contributed by atoms with Crippen molar-refractivity contribution in [3.63, 3.8) is 0 Å². The molecule has 0 amide bonds. The van der Waals surface area contributed by atoms with Crippen molar-refractivity contribution in [3.8, 4) is 33.4 Å². The number of hydrogen-bond acceptors (Lipinski definition) is 1. The largest absolute Gasteiger partial charge is 0.310 e. The van der Waals surface area contributed by atoms with E-state index in [1.165, 1.54) is 77.9 Å². The summed E-state index contributed by atoms with van der Waals surface area (Å²) < 4.78 is 9.48. The van der Waals surface area contributed by atoms with Crippen molar-refractivity contribution in [1.29, 1.82) is 0 Å². The molecule has 0 bridgehead atoms. The summed E-state index contributed by atoms with van der Waals surface area (Å²) in [4.78, 5) is 2.48. The lowest BCUT2D eigenvalue weighted by Gasteiger charge is -2.35. The van der Waals surface area contributed by atoms with Crippen LogP contribution < -0.4 is 4.90 Å². The molecule has 0 atom stereocenters. The van der Waals surface area contributed by atoms with Crippen molar-refractivity contribution < 1.29 is 1.37 Å². The molecule has 58 heavy (non-hydrogen) atoms. The minimum absolute atomic E-state index is 0.0221. The van der Waals surface area contributed by atoms with E-state index in [1.807, 2.05) is 13.8 Å². The van der Waals surface area contributed by atoms with Crippen molar-refractivity contribution >= 4 is 17.1 Å². The molecular weight excluding hydrogens is 699 g/mol. The Morgan fingerprint density at radius 1 is 0.466 bits per heavy atom. The van der Waals surface area contributed by atoms with Gasteiger partial charge in [0.25, 0.3) is 0 Å². The first-order valence-electron chi connectivity index (χ1n) is 21.6. The third-order valence-corrected chi connectivity index (χ3v) is 13.7. The van der Waals surface area contributed by atoms with Gasteiger partial charge in [-0.2, -0.15) is 0 Å². The molecule has 0 saturated heterocycles. The molecule has 0 aromatic heterocycles. The first-order chi connectivity index (χ1) is 27.9. The minimum Gasteiger partial charge on any atom is -0.310 e. The maximum absolute atomic E-state index is 9.48. The molecule has 0 N–H and O–H groups in total. The van der Waals surface area contributed by atoms with Gasteiger partial charge in [0.2, 0.25) is 0 Å². The summed E-state index contributed by atoms with van der Waals surface area (Å²) in [6, 6.07) is 55.4. The number of fused-ring (bicyclic) bond motifs is 13. The number of nitrogens with zero attached hydrogens (tertiary/aromatic N) is 1. The predicted molar refractivity (Wildman–Crippen MR) is 246 cm³/mol. The molecule has 3 aliphatic carbocycles. The summed E-state index contributed by atoms with van der Waals surface area (Å²) in [5, 5.41) is 0. The predicted octanol–water partition coefficient (Wildman–Crippen LogP) is 15.5. The SMILES string of the molecule is [2H]C(C)(C)c1ccccc1N(c1ccc2c(c1)C1(c3ccccc3-2)c2cc(C(C)(C)C)ccc2-c2ccc(C(C)(C)C)cc21)c1cccc2c1-c1ccccc1C2(C)C. The van der Waals surface area contributed by atoms with Crippen LogP contribution in [0.4, 0.5) is 17.1 Å². The lowest BCUT2D eigenvalue weighted by atomic mass is 9.68. The highest BCUT2D eigenvalue weighted by Gasteiger charge is 2.52. The molecule has 1 nitrogen and oxygen atoms in total. The van der Waals surface area contributed by atoms with Gasteiger partial charge in [-0.1, -0.05) is 191 Å². The second kappa shape index (κ2) is 12.4. The fourth-order valence-corrected chi connectivity index (χ4v) is 10.7. The van der Waals surface area contributed by atoms with Gasteiger partial charge in [0.1, 0.15) is 0 Å². The Labute approximate surface area is 347 Å². The first-order valence-corrected chi connectivity index (χ1v) is 21.1. The molecule has 7 aromatic rings. The lowest BCUT2D eigenvalue weighted by molar-refractivity contribution is 0.586. The van der Waals surface area contributed by atoms with Gasteiger partial charge in [-0.05, 0) is 119 Å². The van der Waals surface area contributed by atoms with Gasteiger partial charge in [-0.3, -0.25) is 0 Å². The van der Waals surface area contributed by atoms with E-state index in [-0.39, 0.29) is 16.2 Å². The zero-order valence-corrected chi connectivity index (χ0v) is 35.8. The van der Waals surface area contributed by atoms with Crippen LogP contribution >= 0.6 is 0 Å². The Bertz CT molecular complexity index is 2800. The molecule has 10 rings (SSSR count). The Morgan fingerprint density at radius 3 is 1.57 bits per heavy atom. The molecule has 288 valence electrons. The molecule has 0 saturated carbocycles. The molecule has 0 heterocycles. The van der Waals surface area contributed by atoms with Crippen molar-refractivity contribution in [2.45, 2.75) is 96.8 Å². The first kappa shape index (κ1) is 35.5. The molecule has 7 aromatic carbocycles. The van der Waals surface area contributed by atoms with Crippen LogP contribution in [0.25, 0.3) is 33.4 Å². The average molecular weight is 755 g/mol. The summed E-state index contributed by atoms with van der Waals surface area (Å²) in [5.41, 5.74) is 22.1. The highest BCUT2D eigenvalue weighted by Crippen LogP contribution is 2.64. The maximum atomic E-state index is 9.48. The number of benzene rings is 7. The van der Waals surface area contributed by atoms with Gasteiger partial charge in [0, 0.05) is 23.7 Å². The van der Waals surface area contributed by atoms with Gasteiger partial charge in [0.15, 0.2) is 0 Å². The van der Waals surface area contributed by atoms with Crippen molar-refractivity contribution in [2.75, 3.05) is 4.90 Å². The molecule has 0 unspecified atom stereocenters. The Morgan fingerprint density at radius 2 is 0.948 bits per heavy atom. The standard InChI is InChI=1S/C57H55N/c1-35(2)39-18-13-16-24-51(39)58(52-25-17-23-47-53(52)44-20-12-14-21-45(44)56(47,9)10)38-28-31-43-40-19-11-15-22-46(40)57(50(43)34-38)48-32-36(54(3,4)5)26-29-41(48)42-30-27-37(33-49(42)57)55(6,7)8/h11-35H,1-10H3/i35D. The van der Waals surface area contributed by atoms with E-state index in [4.69, 9.17) is 0 Å². The highest BCUT2D eigenvalue weighted by atomic mass is 15.1. The van der Waals surface area contributed by atoms with Gasteiger partial charge in [-0.25, -0.2) is 0 Å². The van der Waals surface area contributed by atoms with Gasteiger partial charge in [0.05, 0.1) is 11.1 Å². The van der Waals surface area contributed by atoms with Crippen LogP contribution in [-0.2, 0) is 21.7 Å². The van der Waals surface area contributed by atoms with E-state index in [9.17, 15) is 1.37 Å². The van der Waals surface area contributed by atoms with Crippen LogP contribution in [0, 0.1) is 0 Å². The minimum atomic E-state index is -0.839. The monoisotopic (exact) mass is 754 g/mol. The third-order valence-electron chi connectivity index (χ3n) is 13.7. The summed E-state index contributed by atoms with van der Waals surface area (Å²) in [7, 11) is 0. The van der Waals surface area contributed by atoms with Gasteiger partial charge >= 0.3 is 0 Å². The quantitative estimate of drug-likeness (QED) is 0.173. The summed E-state index contributed by atoms with van der Waals surface area (Å²) >= 11 is 0. The zero-order valence-electron chi connectivity index (χ0n) is 36.8. The second-order valence-electron chi connectivity index (χ2n) is 19.8. The van der Waals surface area contributed by atoms with E-state index in [2.05, 4.69) is 206 Å². The number of rotatable bonds is 4. The molecule has 0 aliphatic heterocycles. The Kier molecular flexibility index (Phi) is 7.60. The van der Waals surface area contributed by atoms with E-state index in [0.29, 0.717) is 0 Å². The summed E-state index contributed by atoms with van der Waals surface area (Å²) in [6.45, 7) is 22.7. The van der Waals surface area contributed by atoms with Crippen LogP contribution in [0.2, 0.25) is 0 Å². The number of anilines is 3. The molecule has 1 spiro atoms. The third kappa shape index (κ3) is 5.01. The van der Waals surface area contributed by atoms with Gasteiger partial charge < -0.3 is 4.90 Å². The maximum Gasteiger partial charge on any atom is 0.0726 e. The normalized spacial score (nSPS) is 15.6. The Balaban J connectivity index is 1.33. The average Bonchev–Trinajstić information content (AvgIpc) is 3.75. The molecule has 0 radical (unpaired) electrons. The summed E-state index contributed by atoms with van der Waals surface area (Å²) in [6.07, 6.45) is 0. The van der Waals surface area contributed by atoms with Crippen molar-refractivity contribution in [2.24, 2.45) is 0 Å². The zero-order chi connectivity index (χ0) is 41.4. The fraction of sp³-hybridized carbons (Fsp3) is 0.263. The van der Waals surface area contributed by atoms with E-state index in [0.717, 1.165) is 22.6 Å². The van der Waals surface area contributed by atoms with E-state index < -0.39 is 11.3 Å². The molecular formula is C57H55N. The Hall–Kier alpha value is -5.66. The topological polar surface area (TPSA) is 3.24 Å². The smallest absolute Gasteiger partial charge is 0.0726 e. The summed E-state index contributed by atoms with van der Waals surface area (Å²) in [5.74, 6) is -0.839. The molecule has 0 fully saturated rings. The number of para-hydroxylation sites is 1. The van der Waals surface area contributed by atoms with E-state index >= 15 is 0 Å². The van der Waals surface area contributed by atoms with E-state index in [1.54, 1.807) is 0 Å².